The maximum Gasteiger partial charge on any atom is 0.327 e. The molecule has 1 heterocycles. The van der Waals surface area contributed by atoms with Crippen molar-refractivity contribution in [1.82, 2.24) is 20.2 Å². The molecule has 0 fully saturated rings. The lowest BCUT2D eigenvalue weighted by Gasteiger charge is -2.07. The average molecular weight is 258 g/mol. The molecule has 2 amide bonds. The highest BCUT2D eigenvalue weighted by atomic mass is 16.2. The number of carbonyl (C=O) groups is 2. The van der Waals surface area contributed by atoms with Gasteiger partial charge in [0.25, 0.3) is 0 Å². The van der Waals surface area contributed by atoms with Crippen LogP contribution in [0.3, 0.4) is 0 Å². The number of imidazole rings is 1. The first-order chi connectivity index (χ1) is 9.25. The van der Waals surface area contributed by atoms with Crippen LogP contribution in [0, 0.1) is 0 Å². The molecule has 0 bridgehead atoms. The monoisotopic (exact) mass is 258 g/mol. The van der Waals surface area contributed by atoms with Crippen LogP contribution < -0.4 is 10.6 Å². The molecule has 2 rings (SSSR count). The van der Waals surface area contributed by atoms with Crippen LogP contribution in [-0.2, 0) is 11.3 Å². The summed E-state index contributed by atoms with van der Waals surface area (Å²) >= 11 is 0. The van der Waals surface area contributed by atoms with E-state index in [2.05, 4.69) is 15.6 Å². The summed E-state index contributed by atoms with van der Waals surface area (Å²) in [4.78, 5) is 26.8. The summed E-state index contributed by atoms with van der Waals surface area (Å²) in [5.74, 6) is -0.239. The second kappa shape index (κ2) is 6.34. The Morgan fingerprint density at radius 3 is 2.63 bits per heavy atom. The lowest BCUT2D eigenvalue weighted by Crippen LogP contribution is -2.38. The minimum atomic E-state index is -0.382. The van der Waals surface area contributed by atoms with Gasteiger partial charge in [0.2, 0.25) is 5.91 Å². The van der Waals surface area contributed by atoms with Crippen molar-refractivity contribution in [3.63, 3.8) is 0 Å². The number of carbonyl (C=O) groups excluding carboxylic acids is 2. The molecule has 98 valence electrons. The highest BCUT2D eigenvalue weighted by Gasteiger charge is 2.06. The molecule has 2 N–H and O–H groups in total. The van der Waals surface area contributed by atoms with Gasteiger partial charge in [0.05, 0.1) is 6.54 Å². The van der Waals surface area contributed by atoms with E-state index in [-0.39, 0.29) is 18.5 Å². The fourth-order valence-electron chi connectivity index (χ4n) is 1.49. The lowest BCUT2D eigenvalue weighted by molar-refractivity contribution is -0.120. The van der Waals surface area contributed by atoms with E-state index in [1.54, 1.807) is 0 Å². The number of nitrogens with zero attached hydrogens (tertiary/aromatic N) is 2. The van der Waals surface area contributed by atoms with E-state index in [9.17, 15) is 9.59 Å². The molecule has 1 aromatic carbocycles. The Hall–Kier alpha value is -2.63. The van der Waals surface area contributed by atoms with E-state index in [0.717, 1.165) is 5.56 Å². The molecule has 0 radical (unpaired) electrons. The summed E-state index contributed by atoms with van der Waals surface area (Å²) in [7, 11) is 0. The number of rotatable bonds is 4. The van der Waals surface area contributed by atoms with E-state index in [1.807, 2.05) is 30.3 Å². The predicted molar refractivity (Wildman–Crippen MR) is 69.3 cm³/mol. The summed E-state index contributed by atoms with van der Waals surface area (Å²) in [6.45, 7) is 0.379. The number of hydrogen-bond donors (Lipinski definition) is 2. The molecule has 0 aliphatic carbocycles. The van der Waals surface area contributed by atoms with E-state index in [1.165, 1.54) is 23.3 Å². The van der Waals surface area contributed by atoms with Crippen molar-refractivity contribution in [2.75, 3.05) is 6.54 Å². The Morgan fingerprint density at radius 2 is 1.95 bits per heavy atom. The highest BCUT2D eigenvalue weighted by molar-refractivity contribution is 5.84. The van der Waals surface area contributed by atoms with Gasteiger partial charge in [0.15, 0.2) is 0 Å². The van der Waals surface area contributed by atoms with E-state index in [0.29, 0.717) is 6.54 Å². The van der Waals surface area contributed by atoms with Gasteiger partial charge >= 0.3 is 6.03 Å². The molecule has 0 aliphatic heterocycles. The van der Waals surface area contributed by atoms with Crippen LogP contribution in [0.25, 0.3) is 0 Å². The standard InChI is InChI=1S/C13H14N4O2/c18-12(15-8-11-4-2-1-3-5-11)9-16-13(19)17-7-6-14-10-17/h1-7,10H,8-9H2,(H,15,18)(H,16,19). The molecule has 2 aromatic rings. The predicted octanol–water partition coefficient (Wildman–Crippen LogP) is 0.757. The van der Waals surface area contributed by atoms with Gasteiger partial charge in [-0.15, -0.1) is 0 Å². The number of aromatic nitrogens is 2. The zero-order valence-corrected chi connectivity index (χ0v) is 10.2. The van der Waals surface area contributed by atoms with E-state index < -0.39 is 0 Å². The molecule has 6 heteroatoms. The Balaban J connectivity index is 1.72. The van der Waals surface area contributed by atoms with Crippen LogP contribution in [0.15, 0.2) is 49.1 Å². The van der Waals surface area contributed by atoms with Gasteiger partial charge in [-0.25, -0.2) is 9.78 Å². The zero-order chi connectivity index (χ0) is 13.5. The first-order valence-corrected chi connectivity index (χ1v) is 5.82. The average Bonchev–Trinajstić information content (AvgIpc) is 2.98. The minimum absolute atomic E-state index is 0.0656. The molecular formula is C13H14N4O2. The van der Waals surface area contributed by atoms with Gasteiger partial charge in [-0.1, -0.05) is 30.3 Å². The van der Waals surface area contributed by atoms with Gasteiger partial charge in [0.1, 0.15) is 6.33 Å². The van der Waals surface area contributed by atoms with Gasteiger partial charge in [0, 0.05) is 18.9 Å². The quantitative estimate of drug-likeness (QED) is 0.850. The Labute approximate surface area is 110 Å². The highest BCUT2D eigenvalue weighted by Crippen LogP contribution is 1.96. The lowest BCUT2D eigenvalue weighted by atomic mass is 10.2. The van der Waals surface area contributed by atoms with Crippen LogP contribution in [-0.4, -0.2) is 28.0 Å². The van der Waals surface area contributed by atoms with Crippen molar-refractivity contribution in [3.8, 4) is 0 Å². The normalized spacial score (nSPS) is 9.89. The topological polar surface area (TPSA) is 76.0 Å². The Morgan fingerprint density at radius 1 is 1.16 bits per heavy atom. The van der Waals surface area contributed by atoms with E-state index >= 15 is 0 Å². The number of nitrogens with one attached hydrogen (secondary N) is 2. The van der Waals surface area contributed by atoms with E-state index in [4.69, 9.17) is 0 Å². The Bertz CT molecular complexity index is 537. The van der Waals surface area contributed by atoms with Crippen molar-refractivity contribution in [2.24, 2.45) is 0 Å². The largest absolute Gasteiger partial charge is 0.350 e. The molecule has 0 saturated carbocycles. The Kier molecular flexibility index (Phi) is 4.28. The van der Waals surface area contributed by atoms with Gasteiger partial charge in [-0.3, -0.25) is 9.36 Å². The summed E-state index contributed by atoms with van der Waals surface area (Å²) in [6.07, 6.45) is 4.38. The summed E-state index contributed by atoms with van der Waals surface area (Å²) < 4.78 is 1.27. The van der Waals surface area contributed by atoms with Crippen LogP contribution in [0.4, 0.5) is 4.79 Å². The molecule has 0 unspecified atom stereocenters. The van der Waals surface area contributed by atoms with Gasteiger partial charge in [-0.05, 0) is 5.56 Å². The van der Waals surface area contributed by atoms with Crippen LogP contribution >= 0.6 is 0 Å². The third kappa shape index (κ3) is 3.95. The summed E-state index contributed by atoms with van der Waals surface area (Å²) in [6, 6.07) is 9.18. The molecule has 19 heavy (non-hydrogen) atoms. The van der Waals surface area contributed by atoms with Crippen molar-refractivity contribution >= 4 is 11.9 Å². The second-order valence-electron chi connectivity index (χ2n) is 3.89. The maximum absolute atomic E-state index is 11.5. The smallest absolute Gasteiger partial charge is 0.327 e. The fraction of sp³-hybridized carbons (Fsp3) is 0.154. The van der Waals surface area contributed by atoms with Crippen molar-refractivity contribution in [2.45, 2.75) is 6.54 Å². The summed E-state index contributed by atoms with van der Waals surface area (Å²) in [5.41, 5.74) is 1.01. The fourth-order valence-corrected chi connectivity index (χ4v) is 1.49. The second-order valence-corrected chi connectivity index (χ2v) is 3.89. The third-order valence-electron chi connectivity index (χ3n) is 2.47. The first kappa shape index (κ1) is 12.8. The van der Waals surface area contributed by atoms with Gasteiger partial charge < -0.3 is 10.6 Å². The minimum Gasteiger partial charge on any atom is -0.350 e. The first-order valence-electron chi connectivity index (χ1n) is 5.82. The third-order valence-corrected chi connectivity index (χ3v) is 2.47. The zero-order valence-electron chi connectivity index (χ0n) is 10.2. The van der Waals surface area contributed by atoms with Crippen LogP contribution in [0.1, 0.15) is 5.56 Å². The SMILES string of the molecule is O=C(CNC(=O)n1ccnc1)NCc1ccccc1. The van der Waals surface area contributed by atoms with Gasteiger partial charge in [-0.2, -0.15) is 0 Å². The van der Waals surface area contributed by atoms with Crippen LogP contribution in [0.5, 0.6) is 0 Å². The van der Waals surface area contributed by atoms with Crippen LogP contribution in [0.2, 0.25) is 0 Å². The molecule has 0 saturated heterocycles. The number of amides is 2. The molecule has 0 spiro atoms. The maximum atomic E-state index is 11.5. The summed E-state index contributed by atoms with van der Waals surface area (Å²) in [5, 5.41) is 5.21. The molecule has 1 aromatic heterocycles. The van der Waals surface area contributed by atoms with Crippen molar-refractivity contribution < 1.29 is 9.59 Å². The number of hydrogen-bond acceptors (Lipinski definition) is 3. The molecule has 0 atom stereocenters. The van der Waals surface area contributed by atoms with Crippen molar-refractivity contribution in [3.05, 3.63) is 54.6 Å². The van der Waals surface area contributed by atoms with Crippen molar-refractivity contribution in [1.29, 1.82) is 0 Å². The number of benzene rings is 1. The molecule has 6 nitrogen and oxygen atoms in total. The molecule has 0 aliphatic rings. The molecular weight excluding hydrogens is 244 g/mol.